The van der Waals surface area contributed by atoms with Crippen molar-refractivity contribution in [2.75, 3.05) is 9.80 Å². The van der Waals surface area contributed by atoms with E-state index in [4.69, 9.17) is 4.42 Å². The Labute approximate surface area is 384 Å². The monoisotopic (exact) mass is 874 g/mol. The number of nitrogens with zero attached hydrogens (tertiary/aromatic N) is 2. The lowest BCUT2D eigenvalue weighted by molar-refractivity contribution is 0.590. The van der Waals surface area contributed by atoms with Crippen LogP contribution in [-0.4, -0.2) is 16.1 Å². The summed E-state index contributed by atoms with van der Waals surface area (Å²) in [4.78, 5) is 4.88. The molecule has 0 saturated heterocycles. The van der Waals surface area contributed by atoms with Gasteiger partial charge in [-0.25, -0.2) is 0 Å². The van der Waals surface area contributed by atoms with E-state index in [0.29, 0.717) is 0 Å². The normalized spacial score (nSPS) is 13.9. The molecule has 1 heterocycles. The fraction of sp³-hybridized carbons (Fsp3) is 0.288. The van der Waals surface area contributed by atoms with Crippen molar-refractivity contribution < 1.29 is 4.42 Å². The van der Waals surface area contributed by atoms with Crippen LogP contribution in [0.5, 0.6) is 0 Å². The van der Waals surface area contributed by atoms with E-state index < -0.39 is 16.1 Å². The van der Waals surface area contributed by atoms with Crippen molar-refractivity contribution in [1.29, 1.82) is 0 Å². The molecule has 0 fully saturated rings. The molecule has 3 nitrogen and oxygen atoms in total. The van der Waals surface area contributed by atoms with Crippen molar-refractivity contribution in [3.8, 4) is 11.1 Å². The average molecular weight is 875 g/mol. The molecule has 0 radical (unpaired) electrons. The highest BCUT2D eigenvalue weighted by Gasteiger charge is 2.40. The molecule has 1 aliphatic carbocycles. The zero-order valence-electron chi connectivity index (χ0n) is 40.7. The van der Waals surface area contributed by atoms with Gasteiger partial charge in [-0.2, -0.15) is 0 Å². The van der Waals surface area contributed by atoms with E-state index in [1.165, 1.54) is 49.1 Å². The van der Waals surface area contributed by atoms with Crippen LogP contribution < -0.4 is 20.2 Å². The lowest BCUT2D eigenvalue weighted by atomic mass is 9.81. The van der Waals surface area contributed by atoms with E-state index in [1.54, 1.807) is 0 Å². The number of benzene rings is 7. The summed E-state index contributed by atoms with van der Waals surface area (Å²) in [5.74, 6) is 0. The summed E-state index contributed by atoms with van der Waals surface area (Å²) in [7, 11) is -3.02. The van der Waals surface area contributed by atoms with Crippen molar-refractivity contribution in [2.24, 2.45) is 0 Å². The molecule has 0 N–H and O–H groups in total. The van der Waals surface area contributed by atoms with Crippen molar-refractivity contribution in [3.63, 3.8) is 0 Å². The van der Waals surface area contributed by atoms with Crippen LogP contribution in [0.2, 0.25) is 39.3 Å². The van der Waals surface area contributed by atoms with Gasteiger partial charge >= 0.3 is 0 Å². The van der Waals surface area contributed by atoms with Gasteiger partial charge in [0.25, 0.3) is 0 Å². The molecule has 0 bridgehead atoms. The molecule has 1 aliphatic rings. The van der Waals surface area contributed by atoms with Crippen molar-refractivity contribution in [3.05, 3.63) is 168 Å². The summed E-state index contributed by atoms with van der Waals surface area (Å²) >= 11 is 0. The van der Waals surface area contributed by atoms with Crippen molar-refractivity contribution in [1.82, 2.24) is 0 Å². The average Bonchev–Trinajstić information content (AvgIpc) is 3.73. The highest BCUT2D eigenvalue weighted by Crippen LogP contribution is 2.57. The number of anilines is 6. The SMILES string of the molecule is CC(C)(C)c1ccc(N(c2ccc([Si](C)(C)C)cc2)c2ccc3c(c2)C(C)(C)c2cc(N(c4ccc(C(C)(C)C)cc4)c4ccc([Si](C)(C)C)cc4)c4oc5ccccc5c4c2-3)cc1. The van der Waals surface area contributed by atoms with Crippen LogP contribution >= 0.6 is 0 Å². The third-order valence-corrected chi connectivity index (χ3v) is 17.8. The van der Waals surface area contributed by atoms with Crippen LogP contribution in [0, 0.1) is 0 Å². The molecule has 0 amide bonds. The van der Waals surface area contributed by atoms with Crippen LogP contribution in [0.4, 0.5) is 34.1 Å². The second-order valence-electron chi connectivity index (χ2n) is 22.8. The smallest absolute Gasteiger partial charge is 0.160 e. The van der Waals surface area contributed by atoms with Crippen LogP contribution in [0.1, 0.15) is 77.6 Å². The molecule has 0 atom stereocenters. The van der Waals surface area contributed by atoms with Crippen LogP contribution in [0.15, 0.2) is 150 Å². The molecule has 7 aromatic carbocycles. The fourth-order valence-electron chi connectivity index (χ4n) is 9.69. The number of para-hydroxylation sites is 1. The van der Waals surface area contributed by atoms with Crippen molar-refractivity contribution >= 4 is 82.6 Å². The Morgan fingerprint density at radius 3 is 1.38 bits per heavy atom. The van der Waals surface area contributed by atoms with Gasteiger partial charge in [0.15, 0.2) is 5.58 Å². The molecular formula is C59H66N2OSi2. The Kier molecular flexibility index (Phi) is 10.4. The van der Waals surface area contributed by atoms with Crippen LogP contribution in [0.25, 0.3) is 33.1 Å². The van der Waals surface area contributed by atoms with E-state index in [1.807, 2.05) is 0 Å². The highest BCUT2D eigenvalue weighted by molar-refractivity contribution is 6.89. The minimum atomic E-state index is -1.53. The molecule has 0 aliphatic heterocycles. The van der Waals surface area contributed by atoms with Gasteiger partial charge in [-0.3, -0.25) is 0 Å². The lowest BCUT2D eigenvalue weighted by Gasteiger charge is -2.30. The first-order valence-electron chi connectivity index (χ1n) is 23.2. The zero-order chi connectivity index (χ0) is 45.7. The van der Waals surface area contributed by atoms with E-state index >= 15 is 0 Å². The maximum Gasteiger partial charge on any atom is 0.160 e. The maximum absolute atomic E-state index is 7.08. The van der Waals surface area contributed by atoms with Gasteiger partial charge in [0.1, 0.15) is 5.58 Å². The standard InChI is InChI=1S/C59H66N2OSi2/c1-57(2,3)39-19-23-41(24-20-39)60(42-27-32-46(33-28-42)63(9,10)11)45-31-36-48-50(37-45)59(7,8)51-38-52(56-55(54(48)51)49-17-15-16-18-53(49)62-56)61(43-25-21-40(22-26-43)58(4,5)6)44-29-34-47(35-30-44)64(12,13)14/h15-38H,1-14H3. The predicted octanol–water partition coefficient (Wildman–Crippen LogP) is 16.5. The first-order chi connectivity index (χ1) is 30.0. The lowest BCUT2D eigenvalue weighted by Crippen LogP contribution is -2.37. The number of furan rings is 1. The van der Waals surface area contributed by atoms with E-state index in [2.05, 4.69) is 250 Å². The molecule has 8 aromatic rings. The highest BCUT2D eigenvalue weighted by atomic mass is 28.3. The van der Waals surface area contributed by atoms with Gasteiger partial charge in [-0.05, 0) is 117 Å². The Hall–Kier alpha value is -5.63. The quantitative estimate of drug-likeness (QED) is 0.142. The van der Waals surface area contributed by atoms with Gasteiger partial charge in [0.05, 0.1) is 21.8 Å². The summed E-state index contributed by atoms with van der Waals surface area (Å²) in [6.45, 7) is 33.0. The largest absolute Gasteiger partial charge is 0.454 e. The van der Waals surface area contributed by atoms with Gasteiger partial charge < -0.3 is 14.2 Å². The topological polar surface area (TPSA) is 19.6 Å². The Balaban J connectivity index is 1.26. The molecule has 5 heteroatoms. The molecular weight excluding hydrogens is 809 g/mol. The minimum absolute atomic E-state index is 0.0411. The summed E-state index contributed by atoms with van der Waals surface area (Å²) < 4.78 is 7.08. The third kappa shape index (κ3) is 7.64. The Morgan fingerprint density at radius 2 is 0.906 bits per heavy atom. The Bertz CT molecular complexity index is 2910. The number of hydrogen-bond donors (Lipinski definition) is 0. The molecule has 0 spiro atoms. The first-order valence-corrected chi connectivity index (χ1v) is 30.2. The zero-order valence-corrected chi connectivity index (χ0v) is 42.7. The first kappa shape index (κ1) is 43.6. The van der Waals surface area contributed by atoms with E-state index in [0.717, 1.165) is 50.7 Å². The minimum Gasteiger partial charge on any atom is -0.454 e. The van der Waals surface area contributed by atoms with Crippen LogP contribution in [-0.2, 0) is 16.2 Å². The molecule has 326 valence electrons. The second-order valence-corrected chi connectivity index (χ2v) is 33.0. The number of fused-ring (bicyclic) bond motifs is 7. The van der Waals surface area contributed by atoms with Gasteiger partial charge in [0, 0.05) is 44.6 Å². The third-order valence-electron chi connectivity index (χ3n) is 13.7. The molecule has 0 unspecified atom stereocenters. The molecule has 0 saturated carbocycles. The predicted molar refractivity (Wildman–Crippen MR) is 284 cm³/mol. The molecule has 9 rings (SSSR count). The van der Waals surface area contributed by atoms with Crippen molar-refractivity contribution in [2.45, 2.75) is 111 Å². The molecule has 64 heavy (non-hydrogen) atoms. The van der Waals surface area contributed by atoms with E-state index in [-0.39, 0.29) is 16.2 Å². The maximum atomic E-state index is 7.08. The number of hydrogen-bond acceptors (Lipinski definition) is 3. The summed E-state index contributed by atoms with van der Waals surface area (Å²) in [6, 6.07) is 55.3. The fourth-order valence-corrected chi connectivity index (χ4v) is 12.0. The van der Waals surface area contributed by atoms with Gasteiger partial charge in [0.2, 0.25) is 0 Å². The summed E-state index contributed by atoms with van der Waals surface area (Å²) in [5.41, 5.74) is 16.2. The van der Waals surface area contributed by atoms with E-state index in [9.17, 15) is 0 Å². The Morgan fingerprint density at radius 1 is 0.469 bits per heavy atom. The second kappa shape index (κ2) is 15.2. The van der Waals surface area contributed by atoms with Gasteiger partial charge in [-0.15, -0.1) is 0 Å². The summed E-state index contributed by atoms with van der Waals surface area (Å²) in [6.07, 6.45) is 0. The molecule has 1 aromatic heterocycles. The van der Waals surface area contributed by atoms with Gasteiger partial charge in [-0.1, -0.05) is 178 Å². The van der Waals surface area contributed by atoms with Crippen LogP contribution in [0.3, 0.4) is 0 Å². The summed E-state index contributed by atoms with van der Waals surface area (Å²) in [5, 5.41) is 5.22. The number of rotatable bonds is 8.